The molecule has 2 N–H and O–H groups in total. The van der Waals surface area contributed by atoms with Crippen LogP contribution in [0, 0.1) is 5.82 Å². The number of imidazole rings is 1. The van der Waals surface area contributed by atoms with Gasteiger partial charge in [0.1, 0.15) is 11.6 Å². The molecule has 0 atom stereocenters. The highest BCUT2D eigenvalue weighted by Crippen LogP contribution is 2.29. The summed E-state index contributed by atoms with van der Waals surface area (Å²) in [4.78, 5) is 4.57. The lowest BCUT2D eigenvalue weighted by atomic mass is 10.1. The number of halogens is 1. The number of aromatic nitrogens is 2. The molecule has 3 nitrogen and oxygen atoms in total. The first-order valence-electron chi connectivity index (χ1n) is 5.84. The molecular weight excluding hydrogens is 217 g/mol. The molecule has 0 saturated carbocycles. The molecule has 17 heavy (non-hydrogen) atoms. The van der Waals surface area contributed by atoms with E-state index >= 15 is 0 Å². The van der Waals surface area contributed by atoms with Gasteiger partial charge in [-0.1, -0.05) is 0 Å². The van der Waals surface area contributed by atoms with Crippen molar-refractivity contribution in [3.05, 3.63) is 41.6 Å². The van der Waals surface area contributed by atoms with Crippen molar-refractivity contribution in [2.24, 2.45) is 5.73 Å². The van der Waals surface area contributed by atoms with Crippen LogP contribution in [-0.2, 0) is 19.5 Å². The van der Waals surface area contributed by atoms with Crippen LogP contribution in [-0.4, -0.2) is 9.55 Å². The smallest absolute Gasteiger partial charge is 0.123 e. The average molecular weight is 231 g/mol. The number of nitrogens with two attached hydrogens (primary N) is 1. The number of benzene rings is 1. The number of hydrogen-bond donors (Lipinski definition) is 1. The van der Waals surface area contributed by atoms with Gasteiger partial charge in [-0.25, -0.2) is 9.37 Å². The van der Waals surface area contributed by atoms with Gasteiger partial charge in [-0.2, -0.15) is 0 Å². The first kappa shape index (κ1) is 10.5. The molecule has 1 aliphatic rings. The summed E-state index contributed by atoms with van der Waals surface area (Å²) in [5.74, 6) is 0.709. The molecule has 0 saturated heterocycles. The molecule has 3 rings (SSSR count). The molecule has 88 valence electrons. The van der Waals surface area contributed by atoms with Gasteiger partial charge in [0.2, 0.25) is 0 Å². The fourth-order valence-electron chi connectivity index (χ4n) is 2.45. The molecule has 1 aromatic heterocycles. The lowest BCUT2D eigenvalue weighted by Gasteiger charge is -2.00. The van der Waals surface area contributed by atoms with Crippen LogP contribution in [0.5, 0.6) is 0 Å². The van der Waals surface area contributed by atoms with E-state index in [1.165, 1.54) is 17.8 Å². The lowest BCUT2D eigenvalue weighted by Crippen LogP contribution is -2.06. The number of hydrogen-bond acceptors (Lipinski definition) is 2. The van der Waals surface area contributed by atoms with Crippen molar-refractivity contribution in [1.82, 2.24) is 9.55 Å². The SMILES string of the molecule is NCc1nc(-c2ccc(F)cc2)c2n1CCC2. The second kappa shape index (κ2) is 3.96. The van der Waals surface area contributed by atoms with Crippen LogP contribution in [0.15, 0.2) is 24.3 Å². The number of nitrogens with zero attached hydrogens (tertiary/aromatic N) is 2. The third-order valence-electron chi connectivity index (χ3n) is 3.25. The zero-order valence-electron chi connectivity index (χ0n) is 9.49. The summed E-state index contributed by atoms with van der Waals surface area (Å²) in [6.45, 7) is 1.45. The fraction of sp³-hybridized carbons (Fsp3) is 0.308. The molecule has 1 aliphatic heterocycles. The van der Waals surface area contributed by atoms with E-state index in [4.69, 9.17) is 5.73 Å². The largest absolute Gasteiger partial charge is 0.330 e. The van der Waals surface area contributed by atoms with Crippen molar-refractivity contribution < 1.29 is 4.39 Å². The highest BCUT2D eigenvalue weighted by molar-refractivity contribution is 5.63. The highest BCUT2D eigenvalue weighted by Gasteiger charge is 2.21. The summed E-state index contributed by atoms with van der Waals surface area (Å²) in [5.41, 5.74) is 8.86. The van der Waals surface area contributed by atoms with E-state index in [-0.39, 0.29) is 5.82 Å². The van der Waals surface area contributed by atoms with Crippen LogP contribution in [0.4, 0.5) is 4.39 Å². The van der Waals surface area contributed by atoms with Gasteiger partial charge in [0.15, 0.2) is 0 Å². The second-order valence-corrected chi connectivity index (χ2v) is 4.29. The molecule has 0 radical (unpaired) electrons. The van der Waals surface area contributed by atoms with Crippen LogP contribution in [0.2, 0.25) is 0 Å². The third-order valence-corrected chi connectivity index (χ3v) is 3.25. The van der Waals surface area contributed by atoms with Gasteiger partial charge in [-0.05, 0) is 37.1 Å². The molecule has 0 spiro atoms. The van der Waals surface area contributed by atoms with Gasteiger partial charge in [0.05, 0.1) is 12.2 Å². The number of rotatable bonds is 2. The maximum atomic E-state index is 12.9. The van der Waals surface area contributed by atoms with E-state index in [9.17, 15) is 4.39 Å². The van der Waals surface area contributed by atoms with Gasteiger partial charge >= 0.3 is 0 Å². The van der Waals surface area contributed by atoms with Gasteiger partial charge < -0.3 is 10.3 Å². The first-order chi connectivity index (χ1) is 8.29. The Bertz CT molecular complexity index is 543. The van der Waals surface area contributed by atoms with Crippen molar-refractivity contribution in [3.8, 4) is 11.3 Å². The Morgan fingerprint density at radius 2 is 2.06 bits per heavy atom. The second-order valence-electron chi connectivity index (χ2n) is 4.29. The highest BCUT2D eigenvalue weighted by atomic mass is 19.1. The van der Waals surface area contributed by atoms with Crippen molar-refractivity contribution >= 4 is 0 Å². The van der Waals surface area contributed by atoms with Gasteiger partial charge in [-0.15, -0.1) is 0 Å². The van der Waals surface area contributed by atoms with Crippen LogP contribution < -0.4 is 5.73 Å². The van der Waals surface area contributed by atoms with E-state index in [1.54, 1.807) is 12.1 Å². The third kappa shape index (κ3) is 1.65. The number of fused-ring (bicyclic) bond motifs is 1. The molecule has 0 unspecified atom stereocenters. The predicted octanol–water partition coefficient (Wildman–Crippen LogP) is 2.09. The zero-order valence-corrected chi connectivity index (χ0v) is 9.49. The summed E-state index contributed by atoms with van der Waals surface area (Å²) in [5, 5.41) is 0. The normalized spacial score (nSPS) is 14.0. The Hall–Kier alpha value is -1.68. The van der Waals surface area contributed by atoms with E-state index < -0.39 is 0 Å². The minimum atomic E-state index is -0.219. The molecule has 0 fully saturated rings. The first-order valence-corrected chi connectivity index (χ1v) is 5.84. The molecular formula is C13H14FN3. The van der Waals surface area contributed by atoms with Crippen LogP contribution >= 0.6 is 0 Å². The summed E-state index contributed by atoms with van der Waals surface area (Å²) in [6, 6.07) is 6.49. The maximum absolute atomic E-state index is 12.9. The Morgan fingerprint density at radius 3 is 2.76 bits per heavy atom. The van der Waals surface area contributed by atoms with E-state index in [0.29, 0.717) is 6.54 Å². The van der Waals surface area contributed by atoms with E-state index in [0.717, 1.165) is 36.5 Å². The molecule has 0 bridgehead atoms. The minimum absolute atomic E-state index is 0.219. The Labute approximate surface area is 99.1 Å². The van der Waals surface area contributed by atoms with Crippen LogP contribution in [0.1, 0.15) is 17.9 Å². The van der Waals surface area contributed by atoms with Crippen molar-refractivity contribution in [2.75, 3.05) is 0 Å². The minimum Gasteiger partial charge on any atom is -0.330 e. The lowest BCUT2D eigenvalue weighted by molar-refractivity contribution is 0.628. The fourth-order valence-corrected chi connectivity index (χ4v) is 2.45. The maximum Gasteiger partial charge on any atom is 0.123 e. The molecule has 0 amide bonds. The van der Waals surface area contributed by atoms with Crippen LogP contribution in [0.3, 0.4) is 0 Å². The summed E-state index contributed by atoms with van der Waals surface area (Å²) < 4.78 is 15.1. The summed E-state index contributed by atoms with van der Waals surface area (Å²) >= 11 is 0. The molecule has 1 aromatic carbocycles. The summed E-state index contributed by atoms with van der Waals surface area (Å²) in [6.07, 6.45) is 2.17. The molecule has 0 aliphatic carbocycles. The molecule has 2 aromatic rings. The quantitative estimate of drug-likeness (QED) is 0.860. The Kier molecular flexibility index (Phi) is 2.44. The van der Waals surface area contributed by atoms with Gasteiger partial charge in [-0.3, -0.25) is 0 Å². The van der Waals surface area contributed by atoms with E-state index in [2.05, 4.69) is 9.55 Å². The van der Waals surface area contributed by atoms with Crippen molar-refractivity contribution in [3.63, 3.8) is 0 Å². The van der Waals surface area contributed by atoms with Crippen LogP contribution in [0.25, 0.3) is 11.3 Å². The van der Waals surface area contributed by atoms with E-state index in [1.807, 2.05) is 0 Å². The topological polar surface area (TPSA) is 43.8 Å². The molecule has 2 heterocycles. The standard InChI is InChI=1S/C13H14FN3/c14-10-5-3-9(4-6-10)13-11-2-1-7-17(11)12(8-15)16-13/h3-6H,1-2,7-8,15H2. The Balaban J connectivity index is 2.12. The molecule has 4 heteroatoms. The predicted molar refractivity (Wildman–Crippen MR) is 63.8 cm³/mol. The average Bonchev–Trinajstić information content (AvgIpc) is 2.91. The van der Waals surface area contributed by atoms with Crippen molar-refractivity contribution in [1.29, 1.82) is 0 Å². The van der Waals surface area contributed by atoms with Gasteiger partial charge in [0, 0.05) is 17.8 Å². The zero-order chi connectivity index (χ0) is 11.8. The Morgan fingerprint density at radius 1 is 1.29 bits per heavy atom. The summed E-state index contributed by atoms with van der Waals surface area (Å²) in [7, 11) is 0. The monoisotopic (exact) mass is 231 g/mol. The van der Waals surface area contributed by atoms with Crippen molar-refractivity contribution in [2.45, 2.75) is 25.9 Å². The van der Waals surface area contributed by atoms with Gasteiger partial charge in [0.25, 0.3) is 0 Å².